The lowest BCUT2D eigenvalue weighted by Gasteiger charge is -1.98. The van der Waals surface area contributed by atoms with E-state index in [2.05, 4.69) is 22.6 Å². The molecule has 0 aromatic heterocycles. The van der Waals surface area contributed by atoms with E-state index in [1.54, 1.807) is 7.11 Å². The summed E-state index contributed by atoms with van der Waals surface area (Å²) in [4.78, 5) is 0. The van der Waals surface area contributed by atoms with Crippen LogP contribution in [0.1, 0.15) is 6.92 Å². The standard InChI is InChI=1S/C5H9IO/c1-5(7-2)3-4-6/h3-5H,1-2H3/b4-3-/t5-/m0/s1. The van der Waals surface area contributed by atoms with E-state index in [0.29, 0.717) is 0 Å². The molecule has 42 valence electrons. The second-order valence-electron chi connectivity index (χ2n) is 1.26. The van der Waals surface area contributed by atoms with Crippen LogP contribution in [0.15, 0.2) is 10.2 Å². The number of rotatable bonds is 2. The van der Waals surface area contributed by atoms with E-state index in [1.807, 2.05) is 17.1 Å². The molecule has 7 heavy (non-hydrogen) atoms. The monoisotopic (exact) mass is 212 g/mol. The smallest absolute Gasteiger partial charge is 0.0731 e. The molecule has 0 saturated carbocycles. The third-order valence-electron chi connectivity index (χ3n) is 0.716. The zero-order valence-corrected chi connectivity index (χ0v) is 6.68. The van der Waals surface area contributed by atoms with Gasteiger partial charge in [0.05, 0.1) is 6.10 Å². The maximum absolute atomic E-state index is 4.90. The fourth-order valence-corrected chi connectivity index (χ4v) is 0.766. The zero-order valence-electron chi connectivity index (χ0n) is 4.52. The predicted octanol–water partition coefficient (Wildman–Crippen LogP) is 1.97. The Morgan fingerprint density at radius 1 is 1.71 bits per heavy atom. The molecule has 0 aromatic rings. The van der Waals surface area contributed by atoms with Crippen LogP contribution in [0.3, 0.4) is 0 Å². The molecule has 0 aromatic carbocycles. The molecule has 0 aliphatic heterocycles. The van der Waals surface area contributed by atoms with Gasteiger partial charge >= 0.3 is 0 Å². The molecule has 0 saturated heterocycles. The van der Waals surface area contributed by atoms with Crippen molar-refractivity contribution in [3.8, 4) is 0 Å². The number of methoxy groups -OCH3 is 1. The second-order valence-corrected chi connectivity index (χ2v) is 1.98. The summed E-state index contributed by atoms with van der Waals surface area (Å²) >= 11 is 2.17. The molecule has 0 N–H and O–H groups in total. The Morgan fingerprint density at radius 2 is 2.29 bits per heavy atom. The first-order valence-corrected chi connectivity index (χ1v) is 3.35. The SMILES string of the molecule is CO[C@@H](C)/C=C\I. The van der Waals surface area contributed by atoms with E-state index < -0.39 is 0 Å². The molecule has 1 atom stereocenters. The highest BCUT2D eigenvalue weighted by molar-refractivity contribution is 14.1. The normalized spacial score (nSPS) is 15.3. The molecule has 0 amide bonds. The van der Waals surface area contributed by atoms with Gasteiger partial charge in [-0.3, -0.25) is 0 Å². The summed E-state index contributed by atoms with van der Waals surface area (Å²) < 4.78 is 6.85. The fraction of sp³-hybridized carbons (Fsp3) is 0.600. The van der Waals surface area contributed by atoms with Crippen LogP contribution in [-0.2, 0) is 4.74 Å². The van der Waals surface area contributed by atoms with Crippen LogP contribution in [0.5, 0.6) is 0 Å². The molecule has 0 aliphatic rings. The molecule has 0 fully saturated rings. The molecule has 0 rings (SSSR count). The molecule has 2 heteroatoms. The molecule has 0 aliphatic carbocycles. The average Bonchev–Trinajstić information content (AvgIpc) is 1.68. The van der Waals surface area contributed by atoms with Gasteiger partial charge in [-0.05, 0) is 11.0 Å². The van der Waals surface area contributed by atoms with Crippen LogP contribution in [-0.4, -0.2) is 13.2 Å². The Balaban J connectivity index is 3.16. The van der Waals surface area contributed by atoms with Gasteiger partial charge in [-0.15, -0.1) is 0 Å². The number of hydrogen-bond donors (Lipinski definition) is 0. The van der Waals surface area contributed by atoms with Gasteiger partial charge in [0.2, 0.25) is 0 Å². The van der Waals surface area contributed by atoms with Crippen molar-refractivity contribution in [1.82, 2.24) is 0 Å². The first kappa shape index (κ1) is 7.43. The van der Waals surface area contributed by atoms with Gasteiger partial charge in [0.25, 0.3) is 0 Å². The third kappa shape index (κ3) is 4.28. The van der Waals surface area contributed by atoms with Crippen molar-refractivity contribution < 1.29 is 4.74 Å². The van der Waals surface area contributed by atoms with Crippen LogP contribution in [0, 0.1) is 0 Å². The van der Waals surface area contributed by atoms with Gasteiger partial charge in [0.1, 0.15) is 0 Å². The van der Waals surface area contributed by atoms with Crippen LogP contribution >= 0.6 is 22.6 Å². The lowest BCUT2D eigenvalue weighted by atomic mass is 10.4. The zero-order chi connectivity index (χ0) is 5.70. The minimum Gasteiger partial charge on any atom is -0.378 e. The third-order valence-corrected chi connectivity index (χ3v) is 1.13. The highest BCUT2D eigenvalue weighted by atomic mass is 127. The quantitative estimate of drug-likeness (QED) is 0.636. The maximum atomic E-state index is 4.90. The Labute approximate surface area is 57.9 Å². The minimum atomic E-state index is 0.261. The molecular formula is C5H9IO. The summed E-state index contributed by atoms with van der Waals surface area (Å²) in [7, 11) is 1.70. The van der Waals surface area contributed by atoms with Crippen molar-refractivity contribution >= 4 is 22.6 Å². The summed E-state index contributed by atoms with van der Waals surface area (Å²) in [6, 6.07) is 0. The van der Waals surface area contributed by atoms with E-state index in [1.165, 1.54) is 0 Å². The molecule has 0 unspecified atom stereocenters. The first-order chi connectivity index (χ1) is 3.31. The average molecular weight is 212 g/mol. The van der Waals surface area contributed by atoms with Crippen molar-refractivity contribution in [3.63, 3.8) is 0 Å². The second kappa shape index (κ2) is 4.59. The molecule has 0 spiro atoms. The van der Waals surface area contributed by atoms with Crippen molar-refractivity contribution in [3.05, 3.63) is 10.2 Å². The van der Waals surface area contributed by atoms with Gasteiger partial charge in [-0.25, -0.2) is 0 Å². The lowest BCUT2D eigenvalue weighted by Crippen LogP contribution is -1.97. The van der Waals surface area contributed by atoms with Crippen molar-refractivity contribution in [2.24, 2.45) is 0 Å². The van der Waals surface area contributed by atoms with E-state index in [0.717, 1.165) is 0 Å². The molecular weight excluding hydrogens is 203 g/mol. The Bertz CT molecular complexity index is 61.1. The fourth-order valence-electron chi connectivity index (χ4n) is 0.181. The predicted molar refractivity (Wildman–Crippen MR) is 39.6 cm³/mol. The lowest BCUT2D eigenvalue weighted by molar-refractivity contribution is 0.156. The van der Waals surface area contributed by atoms with Crippen LogP contribution < -0.4 is 0 Å². The largest absolute Gasteiger partial charge is 0.378 e. The molecule has 0 bridgehead atoms. The summed E-state index contributed by atoms with van der Waals surface area (Å²) in [6.45, 7) is 2.00. The number of hydrogen-bond acceptors (Lipinski definition) is 1. The highest BCUT2D eigenvalue weighted by Crippen LogP contribution is 1.92. The number of ether oxygens (including phenoxy) is 1. The van der Waals surface area contributed by atoms with Crippen molar-refractivity contribution in [2.45, 2.75) is 13.0 Å². The van der Waals surface area contributed by atoms with E-state index in [9.17, 15) is 0 Å². The highest BCUT2D eigenvalue weighted by Gasteiger charge is 1.85. The van der Waals surface area contributed by atoms with Gasteiger partial charge < -0.3 is 4.74 Å². The van der Waals surface area contributed by atoms with Gasteiger partial charge in [-0.1, -0.05) is 28.7 Å². The maximum Gasteiger partial charge on any atom is 0.0731 e. The summed E-state index contributed by atoms with van der Waals surface area (Å²) in [5.74, 6) is 0. The van der Waals surface area contributed by atoms with Gasteiger partial charge in [0, 0.05) is 7.11 Å². The summed E-state index contributed by atoms with van der Waals surface area (Å²) in [5.41, 5.74) is 0. The van der Waals surface area contributed by atoms with E-state index in [-0.39, 0.29) is 6.10 Å². The van der Waals surface area contributed by atoms with Crippen LogP contribution in [0.2, 0.25) is 0 Å². The Kier molecular flexibility index (Phi) is 4.87. The Morgan fingerprint density at radius 3 is 2.43 bits per heavy atom. The number of halogens is 1. The molecule has 0 radical (unpaired) electrons. The van der Waals surface area contributed by atoms with Gasteiger partial charge in [-0.2, -0.15) is 0 Å². The van der Waals surface area contributed by atoms with Crippen LogP contribution in [0.4, 0.5) is 0 Å². The Hall–Kier alpha value is 0.430. The summed E-state index contributed by atoms with van der Waals surface area (Å²) in [5, 5.41) is 0. The molecule has 0 heterocycles. The molecule has 1 nitrogen and oxygen atoms in total. The van der Waals surface area contributed by atoms with E-state index >= 15 is 0 Å². The minimum absolute atomic E-state index is 0.261. The van der Waals surface area contributed by atoms with Crippen molar-refractivity contribution in [2.75, 3.05) is 7.11 Å². The summed E-state index contributed by atoms with van der Waals surface area (Å²) in [6.07, 6.45) is 2.25. The van der Waals surface area contributed by atoms with E-state index in [4.69, 9.17) is 4.74 Å². The van der Waals surface area contributed by atoms with Crippen LogP contribution in [0.25, 0.3) is 0 Å². The first-order valence-electron chi connectivity index (χ1n) is 2.11. The van der Waals surface area contributed by atoms with Gasteiger partial charge in [0.15, 0.2) is 0 Å². The van der Waals surface area contributed by atoms with Crippen molar-refractivity contribution in [1.29, 1.82) is 0 Å². The topological polar surface area (TPSA) is 9.23 Å².